The van der Waals surface area contributed by atoms with Crippen LogP contribution in [0.5, 0.6) is 0 Å². The monoisotopic (exact) mass is 304 g/mol. The minimum absolute atomic E-state index is 0. The molecule has 1 rings (SSSR count). The fourth-order valence-electron chi connectivity index (χ4n) is 2.33. The van der Waals surface area contributed by atoms with E-state index in [0.717, 1.165) is 25.7 Å². The van der Waals surface area contributed by atoms with E-state index in [1.54, 1.807) is 13.8 Å². The molecular weight excluding hydrogens is 268 g/mol. The number of allylic oxidation sites excluding steroid dienone is 2. The van der Waals surface area contributed by atoms with E-state index >= 15 is 0 Å². The van der Waals surface area contributed by atoms with Gasteiger partial charge in [-0.05, 0) is 52.4 Å². The third-order valence-electron chi connectivity index (χ3n) is 4.07. The molecule has 6 heteroatoms. The van der Waals surface area contributed by atoms with Crippen LogP contribution in [0, 0.1) is 0 Å². The quantitative estimate of drug-likeness (QED) is 0.550. The molecular formula is C15H36N4O2. The van der Waals surface area contributed by atoms with Gasteiger partial charge in [0.15, 0.2) is 0 Å². The van der Waals surface area contributed by atoms with Crippen LogP contribution in [0.25, 0.3) is 0 Å². The summed E-state index contributed by atoms with van der Waals surface area (Å²) in [7, 11) is 0. The standard InChI is InChI=1S/C15H28N4O2.4H2/c1-14(17)9-7-5-3-4-6-8-10-15(2,12(16)20)19-11-18-13(14)21;;;;/h3-4,19H,5-11,17H2,1-2H3,(H2,16,20)(H,18,21);4*1H/b4-3+;;;;/t14-,15-;;;;/m0..../s1. The molecule has 0 spiro atoms. The lowest BCUT2D eigenvalue weighted by molar-refractivity contribution is -0.127. The molecule has 0 aromatic carbocycles. The van der Waals surface area contributed by atoms with Gasteiger partial charge in [0.2, 0.25) is 11.8 Å². The highest BCUT2D eigenvalue weighted by Crippen LogP contribution is 2.15. The van der Waals surface area contributed by atoms with Gasteiger partial charge >= 0.3 is 0 Å². The minimum atomic E-state index is -0.900. The highest BCUT2D eigenvalue weighted by atomic mass is 16.2. The number of amides is 2. The van der Waals surface area contributed by atoms with Crippen LogP contribution in [0.1, 0.15) is 58.1 Å². The van der Waals surface area contributed by atoms with Crippen molar-refractivity contribution in [3.63, 3.8) is 0 Å². The van der Waals surface area contributed by atoms with E-state index in [-0.39, 0.29) is 18.3 Å². The number of carbonyl (C=O) groups excluding carboxylic acids is 2. The molecule has 0 bridgehead atoms. The van der Waals surface area contributed by atoms with Gasteiger partial charge < -0.3 is 16.8 Å². The third-order valence-corrected chi connectivity index (χ3v) is 4.07. The van der Waals surface area contributed by atoms with Crippen LogP contribution in [0.3, 0.4) is 0 Å². The average molecular weight is 304 g/mol. The lowest BCUT2D eigenvalue weighted by Crippen LogP contribution is -2.59. The molecule has 1 heterocycles. The molecule has 128 valence electrons. The maximum Gasteiger partial charge on any atom is 0.240 e. The lowest BCUT2D eigenvalue weighted by Gasteiger charge is -2.29. The summed E-state index contributed by atoms with van der Waals surface area (Å²) in [5, 5.41) is 5.77. The second-order valence-corrected chi connectivity index (χ2v) is 6.23. The molecule has 0 aromatic heterocycles. The first-order valence-corrected chi connectivity index (χ1v) is 7.55. The predicted octanol–water partition coefficient (Wildman–Crippen LogP) is 1.51. The highest BCUT2D eigenvalue weighted by molar-refractivity contribution is 5.86. The van der Waals surface area contributed by atoms with E-state index in [0.29, 0.717) is 12.8 Å². The maximum absolute atomic E-state index is 12.1. The lowest BCUT2D eigenvalue weighted by atomic mass is 9.93. The summed E-state index contributed by atoms with van der Waals surface area (Å²) < 4.78 is 0. The fraction of sp³-hybridized carbons (Fsp3) is 0.733. The predicted molar refractivity (Wildman–Crippen MR) is 91.6 cm³/mol. The Bertz CT molecular complexity index is 422. The summed E-state index contributed by atoms with van der Waals surface area (Å²) in [5.41, 5.74) is 9.79. The van der Waals surface area contributed by atoms with Crippen LogP contribution in [0.15, 0.2) is 12.2 Å². The molecule has 6 nitrogen and oxygen atoms in total. The molecule has 1 aliphatic rings. The zero-order valence-corrected chi connectivity index (χ0v) is 13.1. The number of nitrogens with one attached hydrogen (secondary N) is 2. The minimum Gasteiger partial charge on any atom is -0.368 e. The van der Waals surface area contributed by atoms with Gasteiger partial charge in [0.25, 0.3) is 0 Å². The van der Waals surface area contributed by atoms with Gasteiger partial charge in [-0.3, -0.25) is 14.9 Å². The molecule has 0 fully saturated rings. The van der Waals surface area contributed by atoms with E-state index in [1.807, 2.05) is 0 Å². The van der Waals surface area contributed by atoms with Crippen LogP contribution in [0.4, 0.5) is 0 Å². The molecule has 2 atom stereocenters. The Morgan fingerprint density at radius 2 is 1.81 bits per heavy atom. The third kappa shape index (κ3) is 5.47. The van der Waals surface area contributed by atoms with Crippen LogP contribution in [-0.4, -0.2) is 29.6 Å². The van der Waals surface area contributed by atoms with E-state index in [2.05, 4.69) is 22.8 Å². The molecule has 21 heavy (non-hydrogen) atoms. The zero-order chi connectivity index (χ0) is 15.9. The van der Waals surface area contributed by atoms with Gasteiger partial charge in [0.1, 0.15) is 0 Å². The summed E-state index contributed by atoms with van der Waals surface area (Å²) in [5.74, 6) is -0.633. The van der Waals surface area contributed by atoms with Gasteiger partial charge in [-0.2, -0.15) is 0 Å². The molecule has 0 radical (unpaired) electrons. The first-order chi connectivity index (χ1) is 9.78. The zero-order valence-electron chi connectivity index (χ0n) is 13.1. The normalized spacial score (nSPS) is 34.5. The second-order valence-electron chi connectivity index (χ2n) is 6.23. The molecule has 6 N–H and O–H groups in total. The van der Waals surface area contributed by atoms with E-state index in [4.69, 9.17) is 11.5 Å². The molecule has 0 saturated carbocycles. The van der Waals surface area contributed by atoms with Gasteiger partial charge in [0, 0.05) is 5.71 Å². The molecule has 2 amide bonds. The SMILES string of the molecule is C[C@]1(N)CCC/C=C/CCC[C@@](C)(C(N)=O)NCNC1=O.[HH].[HH].[HH].[HH]. The Balaban J connectivity index is -0.000000551. The smallest absolute Gasteiger partial charge is 0.240 e. The van der Waals surface area contributed by atoms with E-state index < -0.39 is 17.0 Å². The number of primary amides is 1. The van der Waals surface area contributed by atoms with Crippen molar-refractivity contribution in [2.24, 2.45) is 11.5 Å². The van der Waals surface area contributed by atoms with Crippen LogP contribution >= 0.6 is 0 Å². The van der Waals surface area contributed by atoms with Crippen molar-refractivity contribution >= 4 is 11.8 Å². The summed E-state index contributed by atoms with van der Waals surface area (Å²) >= 11 is 0. The van der Waals surface area contributed by atoms with Crippen molar-refractivity contribution in [1.29, 1.82) is 0 Å². The number of rotatable bonds is 1. The van der Waals surface area contributed by atoms with Crippen molar-refractivity contribution in [2.45, 2.75) is 63.5 Å². The number of hydrogen-bond acceptors (Lipinski definition) is 4. The van der Waals surface area contributed by atoms with Gasteiger partial charge in [-0.25, -0.2) is 0 Å². The van der Waals surface area contributed by atoms with Gasteiger partial charge in [0.05, 0.1) is 17.7 Å². The molecule has 1 aliphatic heterocycles. The number of nitrogens with two attached hydrogens (primary N) is 2. The van der Waals surface area contributed by atoms with Crippen molar-refractivity contribution in [3.8, 4) is 0 Å². The molecule has 0 unspecified atom stereocenters. The van der Waals surface area contributed by atoms with Crippen molar-refractivity contribution < 1.29 is 15.3 Å². The van der Waals surface area contributed by atoms with E-state index in [9.17, 15) is 9.59 Å². The Labute approximate surface area is 132 Å². The topological polar surface area (TPSA) is 110 Å². The molecule has 0 aliphatic carbocycles. The van der Waals surface area contributed by atoms with Crippen LogP contribution in [0.2, 0.25) is 0 Å². The Hall–Kier alpha value is -1.40. The van der Waals surface area contributed by atoms with Gasteiger partial charge in [-0.1, -0.05) is 12.2 Å². The first kappa shape index (κ1) is 17.7. The van der Waals surface area contributed by atoms with E-state index in [1.165, 1.54) is 0 Å². The molecule has 0 aromatic rings. The summed E-state index contributed by atoms with van der Waals surface area (Å²) in [6, 6.07) is 0. The Morgan fingerprint density at radius 3 is 2.38 bits per heavy atom. The maximum atomic E-state index is 12.1. The van der Waals surface area contributed by atoms with Crippen molar-refractivity contribution in [2.75, 3.05) is 6.67 Å². The summed E-state index contributed by atoms with van der Waals surface area (Å²) in [6.07, 6.45) is 9.03. The molecule has 0 saturated heterocycles. The van der Waals surface area contributed by atoms with Crippen LogP contribution < -0.4 is 22.1 Å². The average Bonchev–Trinajstić information content (AvgIpc) is 2.40. The Kier molecular flexibility index (Phi) is 6.36. The largest absolute Gasteiger partial charge is 0.368 e. The first-order valence-electron chi connectivity index (χ1n) is 7.55. The van der Waals surface area contributed by atoms with Crippen LogP contribution in [-0.2, 0) is 9.59 Å². The second kappa shape index (κ2) is 7.56. The number of hydrogen-bond donors (Lipinski definition) is 4. The van der Waals surface area contributed by atoms with Gasteiger partial charge in [-0.15, -0.1) is 0 Å². The van der Waals surface area contributed by atoms with Crippen molar-refractivity contribution in [1.82, 2.24) is 10.6 Å². The fourth-order valence-corrected chi connectivity index (χ4v) is 2.33. The van der Waals surface area contributed by atoms with Crippen molar-refractivity contribution in [3.05, 3.63) is 12.2 Å². The highest BCUT2D eigenvalue weighted by Gasteiger charge is 2.31. The summed E-state index contributed by atoms with van der Waals surface area (Å²) in [6.45, 7) is 3.67. The summed E-state index contributed by atoms with van der Waals surface area (Å²) in [4.78, 5) is 23.7. The number of carbonyl (C=O) groups is 2. The Morgan fingerprint density at radius 1 is 1.24 bits per heavy atom.